The highest BCUT2D eigenvalue weighted by Gasteiger charge is 2.50. The van der Waals surface area contributed by atoms with Crippen LogP contribution in [-0.2, 0) is 6.42 Å². The SMILES string of the molecule is CCc1c(F)ccc2cc(O)cc(-c3nc4c5c(nc(OC[C@@]67CCCN6C[C@H](F)C7)nc5c3F)N3CC5CCC(N5)C3CO4)c12. The first-order chi connectivity index (χ1) is 22.3. The highest BCUT2D eigenvalue weighted by atomic mass is 19.1. The molecule has 5 aliphatic heterocycles. The maximum atomic E-state index is 17.1. The summed E-state index contributed by atoms with van der Waals surface area (Å²) >= 11 is 0. The Balaban J connectivity index is 1.24. The topological polar surface area (TPSA) is 95.9 Å². The second-order valence-electron chi connectivity index (χ2n) is 13.5. The number of aromatic nitrogens is 3. The van der Waals surface area contributed by atoms with E-state index in [0.29, 0.717) is 60.1 Å². The maximum absolute atomic E-state index is 17.1. The molecule has 9 nitrogen and oxygen atoms in total. The number of alkyl halides is 1. The van der Waals surface area contributed by atoms with Gasteiger partial charge in [-0.1, -0.05) is 13.0 Å². The van der Waals surface area contributed by atoms with Crippen LogP contribution in [0, 0.1) is 11.6 Å². The van der Waals surface area contributed by atoms with E-state index in [1.165, 1.54) is 18.2 Å². The molecule has 4 fully saturated rings. The van der Waals surface area contributed by atoms with Gasteiger partial charge in [0.1, 0.15) is 53.4 Å². The first-order valence-electron chi connectivity index (χ1n) is 16.3. The average molecular weight is 633 g/mol. The molecule has 2 aromatic heterocycles. The van der Waals surface area contributed by atoms with Crippen LogP contribution in [0.15, 0.2) is 24.3 Å². The predicted octanol–water partition coefficient (Wildman–Crippen LogP) is 5.05. The number of phenolic OH excluding ortho intramolecular Hbond substituents is 1. The first-order valence-corrected chi connectivity index (χ1v) is 16.3. The van der Waals surface area contributed by atoms with Crippen molar-refractivity contribution in [3.63, 3.8) is 0 Å². The highest BCUT2D eigenvalue weighted by Crippen LogP contribution is 2.45. The molecule has 2 N–H and O–H groups in total. The molecule has 0 aliphatic carbocycles. The lowest BCUT2D eigenvalue weighted by molar-refractivity contribution is 0.107. The van der Waals surface area contributed by atoms with E-state index in [2.05, 4.69) is 20.1 Å². The summed E-state index contributed by atoms with van der Waals surface area (Å²) in [7, 11) is 0. The van der Waals surface area contributed by atoms with Crippen molar-refractivity contribution < 1.29 is 27.8 Å². The van der Waals surface area contributed by atoms with Crippen LogP contribution >= 0.6 is 0 Å². The van der Waals surface area contributed by atoms with Crippen LogP contribution in [0.5, 0.6) is 17.6 Å². The minimum Gasteiger partial charge on any atom is -0.508 e. The maximum Gasteiger partial charge on any atom is 0.319 e. The number of nitrogens with one attached hydrogen (secondary N) is 1. The van der Waals surface area contributed by atoms with Crippen molar-refractivity contribution in [2.45, 2.75) is 75.3 Å². The lowest BCUT2D eigenvalue weighted by Gasteiger charge is -2.40. The predicted molar refractivity (Wildman–Crippen MR) is 166 cm³/mol. The Kier molecular flexibility index (Phi) is 6.34. The largest absolute Gasteiger partial charge is 0.508 e. The third-order valence-electron chi connectivity index (χ3n) is 10.9. The number of aryl methyl sites for hydroxylation is 1. The van der Waals surface area contributed by atoms with E-state index in [-0.39, 0.29) is 59.1 Å². The van der Waals surface area contributed by atoms with Crippen LogP contribution in [0.1, 0.15) is 44.6 Å². The Morgan fingerprint density at radius 1 is 1.13 bits per heavy atom. The lowest BCUT2D eigenvalue weighted by Crippen LogP contribution is -2.60. The third kappa shape index (κ3) is 4.18. The van der Waals surface area contributed by atoms with Crippen molar-refractivity contribution in [3.05, 3.63) is 41.5 Å². The smallest absolute Gasteiger partial charge is 0.319 e. The Morgan fingerprint density at radius 3 is 2.89 bits per heavy atom. The molecule has 9 rings (SSSR count). The molecule has 46 heavy (non-hydrogen) atoms. The van der Waals surface area contributed by atoms with Crippen molar-refractivity contribution in [2.75, 3.05) is 37.7 Å². The molecule has 4 saturated heterocycles. The molecule has 5 aliphatic rings. The molecule has 2 aromatic carbocycles. The number of phenols is 1. The van der Waals surface area contributed by atoms with E-state index in [1.807, 2.05) is 6.92 Å². The second kappa shape index (κ2) is 10.3. The van der Waals surface area contributed by atoms with Crippen molar-refractivity contribution >= 4 is 27.5 Å². The summed E-state index contributed by atoms with van der Waals surface area (Å²) in [5, 5.41) is 15.8. The van der Waals surface area contributed by atoms with Gasteiger partial charge in [-0.3, -0.25) is 4.90 Å². The van der Waals surface area contributed by atoms with E-state index in [4.69, 9.17) is 19.4 Å². The van der Waals surface area contributed by atoms with Crippen LogP contribution in [-0.4, -0.2) is 87.6 Å². The fourth-order valence-corrected chi connectivity index (χ4v) is 8.84. The zero-order valence-corrected chi connectivity index (χ0v) is 25.5. The molecule has 3 unspecified atom stereocenters. The summed E-state index contributed by atoms with van der Waals surface area (Å²) in [6.45, 7) is 4.21. The number of rotatable bonds is 5. The molecule has 0 saturated carbocycles. The van der Waals surface area contributed by atoms with Crippen molar-refractivity contribution in [1.29, 1.82) is 0 Å². The Morgan fingerprint density at radius 2 is 2.02 bits per heavy atom. The van der Waals surface area contributed by atoms with Gasteiger partial charge in [0.15, 0.2) is 5.82 Å². The second-order valence-corrected chi connectivity index (χ2v) is 13.5. The van der Waals surface area contributed by atoms with Gasteiger partial charge in [-0.05, 0) is 73.2 Å². The van der Waals surface area contributed by atoms with Crippen LogP contribution in [0.25, 0.3) is 32.9 Å². The van der Waals surface area contributed by atoms with Crippen LogP contribution in [0.2, 0.25) is 0 Å². The van der Waals surface area contributed by atoms with E-state index in [0.717, 1.165) is 32.2 Å². The van der Waals surface area contributed by atoms with Gasteiger partial charge in [-0.15, -0.1) is 0 Å². The molecule has 0 radical (unpaired) electrons. The number of aromatic hydroxyl groups is 1. The molecule has 0 amide bonds. The van der Waals surface area contributed by atoms with Crippen LogP contribution in [0.3, 0.4) is 0 Å². The highest BCUT2D eigenvalue weighted by molar-refractivity contribution is 6.03. The molecule has 240 valence electrons. The normalized spacial score (nSPS) is 28.4. The zero-order valence-electron chi connectivity index (χ0n) is 25.5. The van der Waals surface area contributed by atoms with Gasteiger partial charge in [0.25, 0.3) is 0 Å². The van der Waals surface area contributed by atoms with Gasteiger partial charge < -0.3 is 24.8 Å². The quantitative estimate of drug-likeness (QED) is 0.314. The Hall–Kier alpha value is -3.90. The van der Waals surface area contributed by atoms with Gasteiger partial charge in [-0.2, -0.15) is 9.97 Å². The van der Waals surface area contributed by atoms with E-state index in [9.17, 15) is 9.50 Å². The number of nitrogens with zero attached hydrogens (tertiary/aromatic N) is 5. The summed E-state index contributed by atoms with van der Waals surface area (Å²) in [6, 6.07) is 6.25. The number of piperazine rings is 1. The number of halogens is 3. The number of hydrogen-bond acceptors (Lipinski definition) is 9. The van der Waals surface area contributed by atoms with Crippen molar-refractivity contribution in [3.8, 4) is 28.9 Å². The molecular formula is C34H35F3N6O3. The summed E-state index contributed by atoms with van der Waals surface area (Å²) in [5.74, 6) is -0.568. The monoisotopic (exact) mass is 632 g/mol. The Labute approximate surface area is 263 Å². The number of pyridine rings is 1. The average Bonchev–Trinajstić information content (AvgIpc) is 3.68. The number of ether oxygens (including phenoxy) is 2. The fourth-order valence-electron chi connectivity index (χ4n) is 8.84. The molecule has 5 atom stereocenters. The lowest BCUT2D eigenvalue weighted by atomic mass is 9.94. The number of anilines is 1. The van der Waals surface area contributed by atoms with Gasteiger partial charge in [-0.25, -0.2) is 18.2 Å². The number of fused-ring (bicyclic) bond motifs is 7. The molecular weight excluding hydrogens is 597 g/mol. The molecule has 0 spiro atoms. The van der Waals surface area contributed by atoms with Gasteiger partial charge in [0, 0.05) is 37.2 Å². The summed E-state index contributed by atoms with van der Waals surface area (Å²) in [6.07, 6.45) is 3.62. The van der Waals surface area contributed by atoms with Crippen molar-refractivity contribution in [2.24, 2.45) is 0 Å². The minimum atomic E-state index is -0.913. The molecule has 7 heterocycles. The van der Waals surface area contributed by atoms with E-state index in [1.54, 1.807) is 6.07 Å². The van der Waals surface area contributed by atoms with Gasteiger partial charge in [0.05, 0.1) is 11.6 Å². The number of hydrogen-bond donors (Lipinski definition) is 2. The molecule has 12 heteroatoms. The van der Waals surface area contributed by atoms with E-state index < -0.39 is 23.3 Å². The van der Waals surface area contributed by atoms with Gasteiger partial charge in [0.2, 0.25) is 5.88 Å². The first kappa shape index (κ1) is 28.3. The summed E-state index contributed by atoms with van der Waals surface area (Å²) in [5.41, 5.74) is 0.0926. The minimum absolute atomic E-state index is 0.0145. The molecule has 2 bridgehead atoms. The summed E-state index contributed by atoms with van der Waals surface area (Å²) < 4.78 is 59.3. The fraction of sp³-hybridized carbons (Fsp3) is 0.500. The zero-order chi connectivity index (χ0) is 31.3. The number of benzene rings is 2. The van der Waals surface area contributed by atoms with Crippen LogP contribution < -0.4 is 19.7 Å². The summed E-state index contributed by atoms with van der Waals surface area (Å²) in [4.78, 5) is 18.6. The van der Waals surface area contributed by atoms with E-state index >= 15 is 8.78 Å². The molecule has 4 aromatic rings. The van der Waals surface area contributed by atoms with Crippen molar-refractivity contribution in [1.82, 2.24) is 25.2 Å². The van der Waals surface area contributed by atoms with Gasteiger partial charge >= 0.3 is 6.01 Å². The van der Waals surface area contributed by atoms with Crippen LogP contribution in [0.4, 0.5) is 19.0 Å². The Bertz CT molecular complexity index is 1910. The standard InChI is InChI=1S/C34H35F3N6O3/c1-2-21-23(36)6-4-17-10-20(44)11-22(26(17)21)29-28(37)30-27-31(43-14-19-5-7-24(38-19)25(43)15-45-32(27)39-29)41-33(40-30)46-16-34-8-3-9-42(34)13-18(35)12-34/h4,6,10-11,18-19,24-25,38,44H,2-3,5,7-9,12-16H2,1H3/t18-,19?,24?,25?,34+/m1/s1. The third-order valence-corrected chi connectivity index (χ3v) is 10.9.